The fraction of sp³-hybridized carbons (Fsp3) is 0.786. The van der Waals surface area contributed by atoms with E-state index in [-0.39, 0.29) is 0 Å². The van der Waals surface area contributed by atoms with E-state index in [4.69, 9.17) is 0 Å². The highest BCUT2D eigenvalue weighted by molar-refractivity contribution is 5.32. The molecule has 0 radical (unpaired) electrons. The second kappa shape index (κ2) is 4.04. The van der Waals surface area contributed by atoms with Crippen LogP contribution in [-0.2, 0) is 0 Å². The van der Waals surface area contributed by atoms with E-state index in [1.54, 1.807) is 0 Å². The van der Waals surface area contributed by atoms with E-state index in [0.717, 1.165) is 23.7 Å². The van der Waals surface area contributed by atoms with Gasteiger partial charge in [0.1, 0.15) is 5.82 Å². The minimum atomic E-state index is 0.451. The lowest BCUT2D eigenvalue weighted by Gasteiger charge is -2.54. The van der Waals surface area contributed by atoms with Crippen LogP contribution in [0.4, 0.5) is 5.82 Å². The average Bonchev–Trinajstić information content (AvgIpc) is 2.61. The van der Waals surface area contributed by atoms with Crippen molar-refractivity contribution in [3.05, 3.63) is 12.3 Å². The summed E-state index contributed by atoms with van der Waals surface area (Å²) in [5.74, 6) is 1.92. The molecule has 1 aromatic heterocycles. The van der Waals surface area contributed by atoms with Crippen molar-refractivity contribution in [1.29, 1.82) is 0 Å². The van der Waals surface area contributed by atoms with Crippen LogP contribution in [0.2, 0.25) is 0 Å². The van der Waals surface area contributed by atoms with Crippen molar-refractivity contribution in [1.82, 2.24) is 9.78 Å². The largest absolute Gasteiger partial charge is 0.368 e. The van der Waals surface area contributed by atoms with E-state index in [1.165, 1.54) is 32.1 Å². The molecule has 1 aromatic rings. The first-order valence-electron chi connectivity index (χ1n) is 6.96. The summed E-state index contributed by atoms with van der Waals surface area (Å²) in [6.45, 7) is 5.42. The Morgan fingerprint density at radius 3 is 2.76 bits per heavy atom. The third kappa shape index (κ3) is 2.07. The van der Waals surface area contributed by atoms with E-state index < -0.39 is 0 Å². The van der Waals surface area contributed by atoms with Crippen LogP contribution < -0.4 is 5.32 Å². The van der Waals surface area contributed by atoms with Gasteiger partial charge in [-0.3, -0.25) is 4.68 Å². The zero-order valence-corrected chi connectivity index (χ0v) is 10.9. The molecule has 2 aliphatic carbocycles. The molecule has 3 rings (SSSR count). The maximum Gasteiger partial charge on any atom is 0.148 e. The fourth-order valence-electron chi connectivity index (χ4n) is 3.36. The number of aromatic nitrogens is 2. The van der Waals surface area contributed by atoms with Crippen LogP contribution in [0.1, 0.15) is 52.0 Å². The van der Waals surface area contributed by atoms with E-state index in [1.807, 2.05) is 4.68 Å². The zero-order chi connectivity index (χ0) is 11.9. The van der Waals surface area contributed by atoms with Crippen LogP contribution in [0.15, 0.2) is 12.3 Å². The molecule has 0 aromatic carbocycles. The molecule has 0 amide bonds. The molecule has 2 fully saturated rings. The van der Waals surface area contributed by atoms with E-state index in [9.17, 15) is 0 Å². The van der Waals surface area contributed by atoms with E-state index in [0.29, 0.717) is 6.04 Å². The van der Waals surface area contributed by atoms with Crippen molar-refractivity contribution in [3.63, 3.8) is 0 Å². The average molecular weight is 233 g/mol. The van der Waals surface area contributed by atoms with Crippen molar-refractivity contribution in [2.75, 3.05) is 11.9 Å². The van der Waals surface area contributed by atoms with Crippen LogP contribution >= 0.6 is 0 Å². The molecule has 17 heavy (non-hydrogen) atoms. The van der Waals surface area contributed by atoms with Gasteiger partial charge in [0, 0.05) is 24.8 Å². The summed E-state index contributed by atoms with van der Waals surface area (Å²) in [4.78, 5) is 0. The second-order valence-corrected chi connectivity index (χ2v) is 6.28. The summed E-state index contributed by atoms with van der Waals surface area (Å²) in [6.07, 6.45) is 9.41. The monoisotopic (exact) mass is 233 g/mol. The summed E-state index contributed by atoms with van der Waals surface area (Å²) < 4.78 is 2.01. The quantitative estimate of drug-likeness (QED) is 0.863. The minimum Gasteiger partial charge on any atom is -0.368 e. The first-order valence-corrected chi connectivity index (χ1v) is 6.96. The summed E-state index contributed by atoms with van der Waals surface area (Å²) in [6, 6.07) is 2.53. The first-order chi connectivity index (χ1) is 8.17. The number of nitrogens with zero attached hydrogens (tertiary/aromatic N) is 2. The molecule has 0 saturated heterocycles. The highest BCUT2D eigenvalue weighted by Crippen LogP contribution is 2.58. The zero-order valence-electron chi connectivity index (χ0n) is 10.9. The van der Waals surface area contributed by atoms with Gasteiger partial charge in [0.2, 0.25) is 0 Å². The van der Waals surface area contributed by atoms with Crippen molar-refractivity contribution < 1.29 is 0 Å². The Balaban J connectivity index is 1.45. The topological polar surface area (TPSA) is 29.9 Å². The lowest BCUT2D eigenvalue weighted by Crippen LogP contribution is -2.44. The smallest absolute Gasteiger partial charge is 0.148 e. The molecule has 94 valence electrons. The molecule has 0 atom stereocenters. The maximum atomic E-state index is 4.52. The van der Waals surface area contributed by atoms with Crippen molar-refractivity contribution in [3.8, 4) is 0 Å². The minimum absolute atomic E-state index is 0.451. The Kier molecular flexibility index (Phi) is 2.64. The maximum absolute atomic E-state index is 4.52. The summed E-state index contributed by atoms with van der Waals surface area (Å²) >= 11 is 0. The number of hydrogen-bond donors (Lipinski definition) is 1. The third-order valence-electron chi connectivity index (χ3n) is 4.57. The molecular weight excluding hydrogens is 210 g/mol. The molecule has 0 unspecified atom stereocenters. The van der Waals surface area contributed by atoms with Gasteiger partial charge in [-0.1, -0.05) is 6.42 Å². The lowest BCUT2D eigenvalue weighted by atomic mass is 9.52. The van der Waals surface area contributed by atoms with Gasteiger partial charge in [-0.2, -0.15) is 5.10 Å². The Morgan fingerprint density at radius 2 is 2.24 bits per heavy atom. The SMILES string of the molecule is CC(C)n1ccc(NCC2CC3(CCC3)C2)n1. The molecule has 1 heterocycles. The van der Waals surface area contributed by atoms with Gasteiger partial charge in [-0.05, 0) is 50.9 Å². The van der Waals surface area contributed by atoms with Crippen LogP contribution in [0.25, 0.3) is 0 Å². The molecule has 1 spiro atoms. The molecule has 3 nitrogen and oxygen atoms in total. The summed E-state index contributed by atoms with van der Waals surface area (Å²) in [7, 11) is 0. The third-order valence-corrected chi connectivity index (χ3v) is 4.57. The lowest BCUT2D eigenvalue weighted by molar-refractivity contribution is -0.0185. The Morgan fingerprint density at radius 1 is 1.47 bits per heavy atom. The molecule has 1 N–H and O–H groups in total. The molecule has 0 bridgehead atoms. The second-order valence-electron chi connectivity index (χ2n) is 6.28. The predicted molar refractivity (Wildman–Crippen MR) is 70.1 cm³/mol. The number of nitrogens with one attached hydrogen (secondary N) is 1. The predicted octanol–water partition coefficient (Wildman–Crippen LogP) is 3.46. The highest BCUT2D eigenvalue weighted by Gasteiger charge is 2.47. The van der Waals surface area contributed by atoms with Gasteiger partial charge >= 0.3 is 0 Å². The summed E-state index contributed by atoms with van der Waals surface area (Å²) in [5, 5.41) is 7.99. The first kappa shape index (κ1) is 11.1. The van der Waals surface area contributed by atoms with E-state index >= 15 is 0 Å². The van der Waals surface area contributed by atoms with Crippen LogP contribution in [0.5, 0.6) is 0 Å². The fourth-order valence-corrected chi connectivity index (χ4v) is 3.36. The van der Waals surface area contributed by atoms with Gasteiger partial charge in [0.25, 0.3) is 0 Å². The van der Waals surface area contributed by atoms with Crippen LogP contribution in [0.3, 0.4) is 0 Å². The Hall–Kier alpha value is -0.990. The Bertz CT molecular complexity index is 382. The molecule has 3 heteroatoms. The van der Waals surface area contributed by atoms with Gasteiger partial charge in [-0.15, -0.1) is 0 Å². The number of hydrogen-bond acceptors (Lipinski definition) is 2. The normalized spacial score (nSPS) is 22.5. The van der Waals surface area contributed by atoms with Gasteiger partial charge in [0.15, 0.2) is 0 Å². The standard InChI is InChI=1S/C14H23N3/c1-11(2)17-7-4-13(16-17)15-10-12-8-14(9-12)5-3-6-14/h4,7,11-12H,3,5-6,8-10H2,1-2H3,(H,15,16). The van der Waals surface area contributed by atoms with E-state index in [2.05, 4.69) is 36.5 Å². The van der Waals surface area contributed by atoms with Crippen molar-refractivity contribution in [2.45, 2.75) is 52.0 Å². The summed E-state index contributed by atoms with van der Waals surface area (Å²) in [5.41, 5.74) is 0.795. The number of anilines is 1. The Labute approximate surface area is 104 Å². The highest BCUT2D eigenvalue weighted by atomic mass is 15.3. The van der Waals surface area contributed by atoms with Gasteiger partial charge < -0.3 is 5.32 Å². The van der Waals surface area contributed by atoms with Crippen LogP contribution in [0, 0.1) is 11.3 Å². The van der Waals surface area contributed by atoms with Gasteiger partial charge in [0.05, 0.1) is 0 Å². The molecule has 2 aliphatic rings. The number of rotatable bonds is 4. The van der Waals surface area contributed by atoms with Crippen molar-refractivity contribution in [2.24, 2.45) is 11.3 Å². The molecule has 0 aliphatic heterocycles. The van der Waals surface area contributed by atoms with Crippen LogP contribution in [-0.4, -0.2) is 16.3 Å². The van der Waals surface area contributed by atoms with Gasteiger partial charge in [-0.25, -0.2) is 0 Å². The molecular formula is C14H23N3. The molecule has 2 saturated carbocycles. The van der Waals surface area contributed by atoms with Crippen molar-refractivity contribution >= 4 is 5.82 Å².